The Morgan fingerprint density at radius 2 is 1.82 bits per heavy atom. The monoisotopic (exact) mass is 482 g/mol. The van der Waals surface area contributed by atoms with Gasteiger partial charge in [-0.05, 0) is 30.7 Å². The van der Waals surface area contributed by atoms with Gasteiger partial charge in [0.2, 0.25) is 5.78 Å². The van der Waals surface area contributed by atoms with E-state index in [1.807, 2.05) is 37.3 Å². The topological polar surface area (TPSA) is 92.9 Å². The van der Waals surface area contributed by atoms with Gasteiger partial charge in [-0.2, -0.15) is 0 Å². The first-order valence-electron chi connectivity index (χ1n) is 10.6. The average molecular weight is 483 g/mol. The van der Waals surface area contributed by atoms with Gasteiger partial charge >= 0.3 is 0 Å². The summed E-state index contributed by atoms with van der Waals surface area (Å²) in [5.41, 5.74) is 2.50. The smallest absolute Gasteiger partial charge is 0.231 e. The summed E-state index contributed by atoms with van der Waals surface area (Å²) in [5.74, 6) is 1.67. The first-order chi connectivity index (χ1) is 16.5. The van der Waals surface area contributed by atoms with Crippen LogP contribution in [0.5, 0.6) is 0 Å². The fourth-order valence-electron chi connectivity index (χ4n) is 3.87. The molecule has 0 amide bonds. The van der Waals surface area contributed by atoms with Crippen LogP contribution in [0.4, 0.5) is 0 Å². The third-order valence-corrected chi connectivity index (χ3v) is 6.48. The van der Waals surface area contributed by atoms with E-state index in [1.54, 1.807) is 33.5 Å². The summed E-state index contributed by atoms with van der Waals surface area (Å²) < 4.78 is 27.9. The number of hydrogen-bond acceptors (Lipinski definition) is 9. The van der Waals surface area contributed by atoms with Crippen LogP contribution in [0.15, 0.2) is 58.4 Å². The Hall–Kier alpha value is -3.27. The molecule has 0 bridgehead atoms. The summed E-state index contributed by atoms with van der Waals surface area (Å²) in [7, 11) is 6.26. The second-order valence-electron chi connectivity index (χ2n) is 7.63. The molecule has 2 heterocycles. The van der Waals surface area contributed by atoms with E-state index < -0.39 is 6.10 Å². The van der Waals surface area contributed by atoms with Crippen molar-refractivity contribution in [1.82, 2.24) is 10.2 Å². The maximum Gasteiger partial charge on any atom is 0.231 e. The highest BCUT2D eigenvalue weighted by atomic mass is 32.1. The minimum atomic E-state index is -0.800. The molecule has 1 aliphatic carbocycles. The van der Waals surface area contributed by atoms with Crippen LogP contribution >= 0.6 is 11.3 Å². The largest absolute Gasteiger partial charge is 0.494 e. The third-order valence-electron chi connectivity index (χ3n) is 5.60. The maximum atomic E-state index is 13.2. The molecule has 1 aromatic carbocycles. The Balaban J connectivity index is 1.56. The quantitative estimate of drug-likeness (QED) is 0.394. The lowest BCUT2D eigenvalue weighted by molar-refractivity contribution is 0.0575. The number of Topliss-reactive ketones (excluding diaryl/α,β-unsaturated/α-hetero) is 1. The predicted octanol–water partition coefficient (Wildman–Crippen LogP) is 4.98. The van der Waals surface area contributed by atoms with E-state index >= 15 is 0 Å². The molecular formula is C25H26N2O6S. The van der Waals surface area contributed by atoms with Crippen LogP contribution < -0.4 is 0 Å². The number of hydrogen-bond donors (Lipinski definition) is 0. The number of ether oxygens (including phenoxy) is 4. The predicted molar refractivity (Wildman–Crippen MR) is 127 cm³/mol. The number of benzene rings is 1. The molecule has 178 valence electrons. The minimum absolute atomic E-state index is 0.209. The highest BCUT2D eigenvalue weighted by Crippen LogP contribution is 2.35. The van der Waals surface area contributed by atoms with Gasteiger partial charge in [0.25, 0.3) is 0 Å². The van der Waals surface area contributed by atoms with Gasteiger partial charge < -0.3 is 23.4 Å². The van der Waals surface area contributed by atoms with Crippen molar-refractivity contribution in [3.8, 4) is 10.6 Å². The molecule has 2 unspecified atom stereocenters. The summed E-state index contributed by atoms with van der Waals surface area (Å²) in [6, 6.07) is 11.0. The Morgan fingerprint density at radius 1 is 1.06 bits per heavy atom. The Kier molecular flexibility index (Phi) is 7.26. The molecule has 0 radical (unpaired) electrons. The second-order valence-corrected chi connectivity index (χ2v) is 8.81. The van der Waals surface area contributed by atoms with Gasteiger partial charge in [0.05, 0.1) is 14.2 Å². The molecule has 0 N–H and O–H groups in total. The first-order valence-corrected chi connectivity index (χ1v) is 11.4. The third kappa shape index (κ3) is 4.68. The zero-order chi connectivity index (χ0) is 24.2. The number of allylic oxidation sites excluding steroid dienone is 1. The lowest BCUT2D eigenvalue weighted by Crippen LogP contribution is -2.21. The Bertz CT molecular complexity index is 1220. The van der Waals surface area contributed by atoms with Crippen LogP contribution in [-0.4, -0.2) is 50.5 Å². The lowest BCUT2D eigenvalue weighted by Gasteiger charge is -2.24. The van der Waals surface area contributed by atoms with Crippen molar-refractivity contribution in [2.75, 3.05) is 28.4 Å². The van der Waals surface area contributed by atoms with E-state index in [4.69, 9.17) is 23.4 Å². The SMILES string of the molecule is COC1=C(OC)C(OC)CC(c2ccc(C(=O)C(OC)c3ccc(-c4nnc(C)s4)cc3)o2)=C1. The number of nitrogens with zero attached hydrogens (tertiary/aromatic N) is 2. The van der Waals surface area contributed by atoms with Crippen LogP contribution in [0.25, 0.3) is 16.1 Å². The molecular weight excluding hydrogens is 456 g/mol. The van der Waals surface area contributed by atoms with Crippen molar-refractivity contribution in [3.63, 3.8) is 0 Å². The molecule has 0 saturated heterocycles. The highest BCUT2D eigenvalue weighted by Gasteiger charge is 2.29. The van der Waals surface area contributed by atoms with Crippen molar-refractivity contribution >= 4 is 22.7 Å². The second kappa shape index (κ2) is 10.3. The minimum Gasteiger partial charge on any atom is -0.494 e. The molecule has 2 atom stereocenters. The highest BCUT2D eigenvalue weighted by molar-refractivity contribution is 7.14. The van der Waals surface area contributed by atoms with Crippen LogP contribution in [0.1, 0.15) is 39.4 Å². The molecule has 0 spiro atoms. The number of ketones is 1. The average Bonchev–Trinajstić information content (AvgIpc) is 3.53. The fourth-order valence-corrected chi connectivity index (χ4v) is 4.57. The molecule has 34 heavy (non-hydrogen) atoms. The van der Waals surface area contributed by atoms with E-state index in [-0.39, 0.29) is 17.6 Å². The van der Waals surface area contributed by atoms with Crippen LogP contribution in [0.3, 0.4) is 0 Å². The summed E-state index contributed by atoms with van der Waals surface area (Å²) >= 11 is 1.52. The molecule has 4 rings (SSSR count). The summed E-state index contributed by atoms with van der Waals surface area (Å²) in [6.45, 7) is 1.91. The van der Waals surface area contributed by atoms with E-state index in [9.17, 15) is 4.79 Å². The van der Waals surface area contributed by atoms with Crippen molar-refractivity contribution < 1.29 is 28.2 Å². The molecule has 0 aliphatic heterocycles. The van der Waals surface area contributed by atoms with Gasteiger partial charge in [-0.1, -0.05) is 35.6 Å². The summed E-state index contributed by atoms with van der Waals surface area (Å²) in [5, 5.41) is 9.94. The van der Waals surface area contributed by atoms with Gasteiger partial charge in [0.1, 0.15) is 28.0 Å². The van der Waals surface area contributed by atoms with Crippen molar-refractivity contribution in [3.05, 3.63) is 76.1 Å². The molecule has 0 fully saturated rings. The number of carbonyl (C=O) groups is 1. The summed E-state index contributed by atoms with van der Waals surface area (Å²) in [4.78, 5) is 13.2. The number of carbonyl (C=O) groups excluding carboxylic acids is 1. The van der Waals surface area contributed by atoms with E-state index in [1.165, 1.54) is 18.4 Å². The normalized spacial score (nSPS) is 16.9. The van der Waals surface area contributed by atoms with Gasteiger partial charge in [-0.3, -0.25) is 4.79 Å². The van der Waals surface area contributed by atoms with E-state index in [2.05, 4.69) is 10.2 Å². The van der Waals surface area contributed by atoms with Crippen molar-refractivity contribution in [1.29, 1.82) is 0 Å². The van der Waals surface area contributed by atoms with Gasteiger partial charge in [0, 0.05) is 31.8 Å². The van der Waals surface area contributed by atoms with Crippen LogP contribution in [-0.2, 0) is 18.9 Å². The molecule has 2 aromatic heterocycles. The maximum absolute atomic E-state index is 13.2. The zero-order valence-corrected chi connectivity index (χ0v) is 20.5. The van der Waals surface area contributed by atoms with Gasteiger partial charge in [0.15, 0.2) is 17.3 Å². The number of methoxy groups -OCH3 is 4. The molecule has 0 saturated carbocycles. The number of furan rings is 1. The number of aryl methyl sites for hydroxylation is 1. The molecule has 3 aromatic rings. The van der Waals surface area contributed by atoms with Gasteiger partial charge in [-0.25, -0.2) is 0 Å². The number of aromatic nitrogens is 2. The molecule has 8 nitrogen and oxygen atoms in total. The van der Waals surface area contributed by atoms with Crippen molar-refractivity contribution in [2.45, 2.75) is 25.6 Å². The van der Waals surface area contributed by atoms with Gasteiger partial charge in [-0.15, -0.1) is 10.2 Å². The van der Waals surface area contributed by atoms with E-state index in [0.717, 1.165) is 26.7 Å². The van der Waals surface area contributed by atoms with E-state index in [0.29, 0.717) is 23.7 Å². The Labute approximate surface area is 201 Å². The summed E-state index contributed by atoms with van der Waals surface area (Å²) in [6.07, 6.45) is 1.24. The van der Waals surface area contributed by atoms with Crippen molar-refractivity contribution in [2.24, 2.45) is 0 Å². The lowest BCUT2D eigenvalue weighted by atomic mass is 9.98. The number of rotatable bonds is 9. The standard InChI is InChI=1S/C25H26N2O6S/c1-14-26-27-25(34-14)16-8-6-15(7-9-16)23(31-4)22(28)19-11-10-18(33-19)17-12-20(29-2)24(32-5)21(13-17)30-3/h6-12,21,23H,13H2,1-5H3. The zero-order valence-electron chi connectivity index (χ0n) is 19.7. The first kappa shape index (κ1) is 23.9. The van der Waals surface area contributed by atoms with Crippen LogP contribution in [0.2, 0.25) is 0 Å². The molecule has 1 aliphatic rings. The van der Waals surface area contributed by atoms with Crippen LogP contribution in [0, 0.1) is 6.92 Å². The molecule has 9 heteroatoms. The fraction of sp³-hybridized carbons (Fsp3) is 0.320. The Morgan fingerprint density at radius 3 is 2.41 bits per heavy atom.